The van der Waals surface area contributed by atoms with Crippen molar-refractivity contribution in [3.05, 3.63) is 108 Å². The second kappa shape index (κ2) is 16.9. The van der Waals surface area contributed by atoms with Gasteiger partial charge < -0.3 is 29.2 Å². The van der Waals surface area contributed by atoms with Gasteiger partial charge in [-0.25, -0.2) is 0 Å². The highest BCUT2D eigenvalue weighted by atomic mass is 16.5. The standard InChI is InChI=1S/C39H49N3O4/c1-41-18-20-42(21-19-41)22-25-45-37-15-10-33-9-8-32(26-35(33)27-37)30-46-39-28-40-17-16-38(39)34-11-13-36(14-12-34)44-24-5-23-43-29-31-6-3-2-4-7-31/h2-4,6-15,26-27,38-40H,5,16-25,28-30H2,1H3. The van der Waals surface area contributed by atoms with Crippen molar-refractivity contribution in [2.24, 2.45) is 0 Å². The number of hydrogen-bond acceptors (Lipinski definition) is 7. The molecule has 6 rings (SSSR count). The quantitative estimate of drug-likeness (QED) is 0.160. The molecule has 4 aromatic carbocycles. The Kier molecular flexibility index (Phi) is 11.9. The fraction of sp³-hybridized carbons (Fsp3) is 0.436. The van der Waals surface area contributed by atoms with Crippen LogP contribution in [0, 0.1) is 0 Å². The minimum absolute atomic E-state index is 0.113. The first-order chi connectivity index (χ1) is 22.7. The summed E-state index contributed by atoms with van der Waals surface area (Å²) in [5.74, 6) is 2.18. The molecule has 46 heavy (non-hydrogen) atoms. The Bertz CT molecular complexity index is 1470. The maximum atomic E-state index is 6.57. The fourth-order valence-electron chi connectivity index (χ4n) is 6.33. The van der Waals surface area contributed by atoms with Crippen LogP contribution in [0.4, 0.5) is 0 Å². The molecule has 2 aliphatic heterocycles. The molecular formula is C39H49N3O4. The molecule has 0 spiro atoms. The first kappa shape index (κ1) is 32.5. The van der Waals surface area contributed by atoms with Crippen molar-refractivity contribution in [1.82, 2.24) is 15.1 Å². The van der Waals surface area contributed by atoms with E-state index in [1.807, 2.05) is 18.2 Å². The van der Waals surface area contributed by atoms with Gasteiger partial charge in [-0.2, -0.15) is 0 Å². The molecule has 7 nitrogen and oxygen atoms in total. The highest BCUT2D eigenvalue weighted by Crippen LogP contribution is 2.30. The molecule has 0 aromatic heterocycles. The normalized spacial score (nSPS) is 19.3. The van der Waals surface area contributed by atoms with E-state index in [0.29, 0.717) is 39.0 Å². The Morgan fingerprint density at radius 1 is 0.717 bits per heavy atom. The summed E-state index contributed by atoms with van der Waals surface area (Å²) >= 11 is 0. The first-order valence-corrected chi connectivity index (χ1v) is 16.9. The van der Waals surface area contributed by atoms with E-state index in [0.717, 1.165) is 70.2 Å². The lowest BCUT2D eigenvalue weighted by Crippen LogP contribution is -2.45. The smallest absolute Gasteiger partial charge is 0.120 e. The molecule has 2 fully saturated rings. The summed E-state index contributed by atoms with van der Waals surface area (Å²) < 4.78 is 24.5. The summed E-state index contributed by atoms with van der Waals surface area (Å²) in [6, 6.07) is 31.9. The van der Waals surface area contributed by atoms with Gasteiger partial charge in [0.05, 0.1) is 32.5 Å². The van der Waals surface area contributed by atoms with Crippen LogP contribution in [0.15, 0.2) is 91.0 Å². The van der Waals surface area contributed by atoms with Crippen LogP contribution in [-0.4, -0.2) is 88.6 Å². The third kappa shape index (κ3) is 9.53. The summed E-state index contributed by atoms with van der Waals surface area (Å²) in [4.78, 5) is 4.87. The number of ether oxygens (including phenoxy) is 4. The number of nitrogens with one attached hydrogen (secondary N) is 1. The predicted octanol–water partition coefficient (Wildman–Crippen LogP) is 6.11. The van der Waals surface area contributed by atoms with Gasteiger partial charge in [-0.1, -0.05) is 60.7 Å². The molecule has 2 aliphatic rings. The minimum atomic E-state index is 0.113. The summed E-state index contributed by atoms with van der Waals surface area (Å²) in [7, 11) is 2.19. The van der Waals surface area contributed by atoms with Crippen LogP contribution in [0.1, 0.15) is 35.4 Å². The molecule has 0 bridgehead atoms. The van der Waals surface area contributed by atoms with E-state index in [4.69, 9.17) is 18.9 Å². The highest BCUT2D eigenvalue weighted by molar-refractivity contribution is 5.84. The molecule has 4 aromatic rings. The summed E-state index contributed by atoms with van der Waals surface area (Å²) in [5.41, 5.74) is 3.69. The summed E-state index contributed by atoms with van der Waals surface area (Å²) in [5, 5.41) is 5.94. The lowest BCUT2D eigenvalue weighted by Gasteiger charge is -2.32. The molecule has 2 saturated heterocycles. The predicted molar refractivity (Wildman–Crippen MR) is 185 cm³/mol. The molecule has 2 heterocycles. The number of nitrogens with zero attached hydrogens (tertiary/aromatic N) is 2. The van der Waals surface area contributed by atoms with Crippen LogP contribution in [0.5, 0.6) is 11.5 Å². The Morgan fingerprint density at radius 3 is 2.35 bits per heavy atom. The number of piperidine rings is 1. The third-order valence-corrected chi connectivity index (χ3v) is 9.16. The zero-order valence-corrected chi connectivity index (χ0v) is 27.2. The van der Waals surface area contributed by atoms with Crippen LogP contribution in [-0.2, 0) is 22.7 Å². The lowest BCUT2D eigenvalue weighted by molar-refractivity contribution is 0.0106. The minimum Gasteiger partial charge on any atom is -0.494 e. The fourth-order valence-corrected chi connectivity index (χ4v) is 6.33. The van der Waals surface area contributed by atoms with Gasteiger partial charge in [-0.15, -0.1) is 0 Å². The van der Waals surface area contributed by atoms with E-state index in [1.54, 1.807) is 0 Å². The van der Waals surface area contributed by atoms with E-state index >= 15 is 0 Å². The Morgan fingerprint density at radius 2 is 1.50 bits per heavy atom. The van der Waals surface area contributed by atoms with E-state index in [1.165, 1.54) is 27.5 Å². The Labute approximate surface area is 274 Å². The molecule has 0 radical (unpaired) electrons. The molecule has 1 N–H and O–H groups in total. The van der Waals surface area contributed by atoms with E-state index < -0.39 is 0 Å². The number of benzene rings is 4. The zero-order chi connectivity index (χ0) is 31.4. The van der Waals surface area contributed by atoms with Crippen molar-refractivity contribution < 1.29 is 18.9 Å². The van der Waals surface area contributed by atoms with Crippen LogP contribution in [0.25, 0.3) is 10.8 Å². The van der Waals surface area contributed by atoms with Gasteiger partial charge in [0.2, 0.25) is 0 Å². The van der Waals surface area contributed by atoms with Crippen molar-refractivity contribution in [3.8, 4) is 11.5 Å². The van der Waals surface area contributed by atoms with Gasteiger partial charge in [0.1, 0.15) is 18.1 Å². The molecule has 0 amide bonds. The monoisotopic (exact) mass is 623 g/mol. The van der Waals surface area contributed by atoms with Gasteiger partial charge in [0.25, 0.3) is 0 Å². The van der Waals surface area contributed by atoms with Gasteiger partial charge in [0, 0.05) is 51.6 Å². The van der Waals surface area contributed by atoms with Gasteiger partial charge in [0.15, 0.2) is 0 Å². The van der Waals surface area contributed by atoms with Crippen molar-refractivity contribution in [2.75, 3.05) is 72.7 Å². The topological polar surface area (TPSA) is 55.4 Å². The molecule has 7 heteroatoms. The SMILES string of the molecule is CN1CCN(CCOc2ccc3ccc(COC4CNCCC4c4ccc(OCCCOCc5ccccc5)cc4)cc3c2)CC1. The number of fused-ring (bicyclic) bond motifs is 1. The molecule has 2 unspecified atom stereocenters. The zero-order valence-electron chi connectivity index (χ0n) is 27.2. The average Bonchev–Trinajstić information content (AvgIpc) is 3.10. The molecule has 0 saturated carbocycles. The van der Waals surface area contributed by atoms with Gasteiger partial charge in [-0.3, -0.25) is 4.90 Å². The third-order valence-electron chi connectivity index (χ3n) is 9.16. The second-order valence-electron chi connectivity index (χ2n) is 12.6. The van der Waals surface area contributed by atoms with Crippen molar-refractivity contribution in [2.45, 2.75) is 38.1 Å². The van der Waals surface area contributed by atoms with E-state index in [9.17, 15) is 0 Å². The maximum absolute atomic E-state index is 6.57. The molecular weight excluding hydrogens is 574 g/mol. The highest BCUT2D eigenvalue weighted by Gasteiger charge is 2.27. The largest absolute Gasteiger partial charge is 0.494 e. The molecule has 2 atom stereocenters. The van der Waals surface area contributed by atoms with E-state index in [-0.39, 0.29) is 6.10 Å². The van der Waals surface area contributed by atoms with Gasteiger partial charge in [-0.05, 0) is 77.8 Å². The second-order valence-corrected chi connectivity index (χ2v) is 12.6. The number of piperazine rings is 1. The summed E-state index contributed by atoms with van der Waals surface area (Å²) in [6.45, 7) is 10.6. The number of rotatable bonds is 15. The van der Waals surface area contributed by atoms with E-state index in [2.05, 4.69) is 95.0 Å². The van der Waals surface area contributed by atoms with Crippen molar-refractivity contribution >= 4 is 10.8 Å². The lowest BCUT2D eigenvalue weighted by atomic mass is 9.87. The van der Waals surface area contributed by atoms with Crippen LogP contribution >= 0.6 is 0 Å². The molecule has 244 valence electrons. The Balaban J connectivity index is 0.959. The van der Waals surface area contributed by atoms with Crippen molar-refractivity contribution in [1.29, 1.82) is 0 Å². The average molecular weight is 624 g/mol. The Hall–Kier alpha value is -3.46. The van der Waals surface area contributed by atoms with Crippen molar-refractivity contribution in [3.63, 3.8) is 0 Å². The number of hydrogen-bond donors (Lipinski definition) is 1. The van der Waals surface area contributed by atoms with Crippen LogP contribution in [0.2, 0.25) is 0 Å². The molecule has 0 aliphatic carbocycles. The first-order valence-electron chi connectivity index (χ1n) is 16.9. The summed E-state index contributed by atoms with van der Waals surface area (Å²) in [6.07, 6.45) is 2.02. The van der Waals surface area contributed by atoms with Crippen LogP contribution in [0.3, 0.4) is 0 Å². The number of likely N-dealkylation sites (N-methyl/N-ethyl adjacent to an activating group) is 1. The van der Waals surface area contributed by atoms with Gasteiger partial charge >= 0.3 is 0 Å². The van der Waals surface area contributed by atoms with Crippen LogP contribution < -0.4 is 14.8 Å². The maximum Gasteiger partial charge on any atom is 0.120 e.